The van der Waals surface area contributed by atoms with Crippen LogP contribution in [0, 0.1) is 5.82 Å². The molecule has 3 aromatic carbocycles. The van der Waals surface area contributed by atoms with E-state index >= 15 is 4.39 Å². The fourth-order valence-corrected chi connectivity index (χ4v) is 6.21. The number of nitrogens with zero attached hydrogens (tertiary/aromatic N) is 3. The van der Waals surface area contributed by atoms with Gasteiger partial charge in [0.25, 0.3) is 5.56 Å². The maximum atomic E-state index is 15.7. The number of hydrogen-bond donors (Lipinski definition) is 2. The average molecular weight is 654 g/mol. The summed E-state index contributed by atoms with van der Waals surface area (Å²) in [5, 5.41) is 15.0. The van der Waals surface area contributed by atoms with Crippen LogP contribution in [-0.2, 0) is 19.5 Å². The summed E-state index contributed by atoms with van der Waals surface area (Å²) in [6.07, 6.45) is -0.488. The second-order valence-corrected chi connectivity index (χ2v) is 11.3. The zero-order chi connectivity index (χ0) is 31.0. The van der Waals surface area contributed by atoms with E-state index in [1.807, 2.05) is 6.92 Å². The van der Waals surface area contributed by atoms with E-state index in [4.69, 9.17) is 4.74 Å². The van der Waals surface area contributed by atoms with Crippen molar-refractivity contribution in [3.8, 4) is 28.3 Å². The van der Waals surface area contributed by atoms with Crippen LogP contribution in [0.1, 0.15) is 29.0 Å². The van der Waals surface area contributed by atoms with Gasteiger partial charge < -0.3 is 9.84 Å². The van der Waals surface area contributed by atoms with Gasteiger partial charge in [0.2, 0.25) is 0 Å². The van der Waals surface area contributed by atoms with Crippen LogP contribution in [0.15, 0.2) is 91.7 Å². The second kappa shape index (κ2) is 13.9. The van der Waals surface area contributed by atoms with E-state index in [1.54, 1.807) is 66.7 Å². The van der Waals surface area contributed by atoms with Crippen molar-refractivity contribution < 1.29 is 18.8 Å². The smallest absolute Gasteiger partial charge is 0.439 e. The third-order valence-electron chi connectivity index (χ3n) is 7.47. The Bertz CT molecular complexity index is 2170. The van der Waals surface area contributed by atoms with Gasteiger partial charge in [0.05, 0.1) is 31.7 Å². The Balaban J connectivity index is 0.00000400. The predicted octanol–water partition coefficient (Wildman–Crippen LogP) is 4.35. The Morgan fingerprint density at radius 2 is 1.76 bits per heavy atom. The minimum atomic E-state index is -1.14. The first kappa shape index (κ1) is 32.9. The van der Waals surface area contributed by atoms with Gasteiger partial charge in [-0.3, -0.25) is 23.4 Å². The van der Waals surface area contributed by atoms with Crippen LogP contribution in [0.5, 0.6) is 5.75 Å². The van der Waals surface area contributed by atoms with Crippen molar-refractivity contribution in [2.75, 3.05) is 7.11 Å². The number of aliphatic hydroxyl groups excluding tert-OH is 1. The number of nitrogens with one attached hydrogen (secondary N) is 1. The van der Waals surface area contributed by atoms with Crippen LogP contribution >= 0.6 is 11.3 Å². The Morgan fingerprint density at radius 1 is 1.02 bits per heavy atom. The zero-order valence-corrected chi connectivity index (χ0v) is 28.7. The number of hydrogen-bond acceptors (Lipinski definition) is 8. The molecule has 0 bridgehead atoms. The Hall–Kier alpha value is -3.43. The van der Waals surface area contributed by atoms with Crippen molar-refractivity contribution in [3.05, 3.63) is 126 Å². The molecule has 0 aliphatic rings. The summed E-state index contributed by atoms with van der Waals surface area (Å²) in [5.74, 6) is -0.440. The molecule has 2 N–H and O–H groups in total. The first-order valence-electron chi connectivity index (χ1n) is 13.8. The summed E-state index contributed by atoms with van der Waals surface area (Å²) < 4.78 is 27.9. The summed E-state index contributed by atoms with van der Waals surface area (Å²) in [7, 11) is 1.53. The van der Waals surface area contributed by atoms with Crippen LogP contribution in [0.4, 0.5) is 4.39 Å². The fourth-order valence-electron chi connectivity index (χ4n) is 5.13. The third kappa shape index (κ3) is 6.61. The number of aromatic amines is 1. The average Bonchev–Trinajstić information content (AvgIpc) is 3.68. The molecule has 0 saturated heterocycles. The molecule has 10 nitrogen and oxygen atoms in total. The first-order valence-corrected chi connectivity index (χ1v) is 14.6. The van der Waals surface area contributed by atoms with Crippen molar-refractivity contribution in [1.82, 2.24) is 19.3 Å². The number of H-pyrrole nitrogens is 1. The van der Waals surface area contributed by atoms with E-state index in [0.717, 1.165) is 9.44 Å². The molecule has 3 heterocycles. The zero-order valence-electron chi connectivity index (χ0n) is 24.7. The Labute approximate surface area is 302 Å². The molecule has 3 aromatic heterocycles. The number of rotatable bonds is 9. The van der Waals surface area contributed by atoms with E-state index < -0.39 is 28.9 Å². The van der Waals surface area contributed by atoms with E-state index in [-0.39, 0.29) is 75.9 Å². The van der Waals surface area contributed by atoms with Crippen LogP contribution in [0.3, 0.4) is 0 Å². The number of halogens is 1. The molecule has 0 fully saturated rings. The molecule has 1 radical (unpaired) electrons. The van der Waals surface area contributed by atoms with E-state index in [9.17, 15) is 19.5 Å². The minimum absolute atomic E-state index is 0. The summed E-state index contributed by atoms with van der Waals surface area (Å²) in [5.41, 5.74) is 1.29. The molecule has 0 aliphatic heterocycles. The summed E-state index contributed by atoms with van der Waals surface area (Å²) in [6, 6.07) is 20.2. The van der Waals surface area contributed by atoms with E-state index in [0.29, 0.717) is 44.6 Å². The van der Waals surface area contributed by atoms with Gasteiger partial charge in [-0.05, 0) is 47.4 Å². The molecule has 0 spiro atoms. The van der Waals surface area contributed by atoms with Crippen LogP contribution in [-0.4, -0.2) is 82.9 Å². The number of benzene rings is 3. The molecule has 1 atom stereocenters. The quantitative estimate of drug-likeness (QED) is 0.222. The maximum absolute atomic E-state index is 15.7. The summed E-state index contributed by atoms with van der Waals surface area (Å²) in [6.45, 7) is 1.53. The first-order chi connectivity index (χ1) is 21.3. The maximum Gasteiger partial charge on any atom is 0.439 e. The molecule has 225 valence electrons. The summed E-state index contributed by atoms with van der Waals surface area (Å²) in [4.78, 5) is 42.7. The normalized spacial score (nSPS) is 11.8. The SMILES string of the molecule is CCc1cc2c(=O)n(CC(O)c3ccc(OC)cc3)c(=O)n(Cc3ccc(-c4ccccc4-c4noc(=O)[nH]4)cc3F)c2s1.[K]. The molecule has 45 heavy (non-hydrogen) atoms. The summed E-state index contributed by atoms with van der Waals surface area (Å²) >= 11 is 1.31. The molecular weight excluding hydrogens is 627 g/mol. The largest absolute Gasteiger partial charge is 0.497 e. The van der Waals surface area contributed by atoms with Gasteiger partial charge in [-0.25, -0.2) is 14.0 Å². The van der Waals surface area contributed by atoms with Crippen molar-refractivity contribution in [2.24, 2.45) is 0 Å². The number of aryl methyl sites for hydroxylation is 1. The predicted molar refractivity (Wildman–Crippen MR) is 170 cm³/mol. The van der Waals surface area contributed by atoms with Gasteiger partial charge in [-0.1, -0.05) is 60.6 Å². The molecule has 0 aliphatic carbocycles. The second-order valence-electron chi connectivity index (χ2n) is 10.2. The van der Waals surface area contributed by atoms with E-state index in [1.165, 1.54) is 29.1 Å². The number of fused-ring (bicyclic) bond motifs is 1. The molecule has 0 amide bonds. The number of ether oxygens (including phenoxy) is 1. The van der Waals surface area contributed by atoms with Crippen molar-refractivity contribution in [2.45, 2.75) is 32.5 Å². The van der Waals surface area contributed by atoms with Crippen LogP contribution in [0.2, 0.25) is 0 Å². The fraction of sp³-hybridized carbons (Fsp3) is 0.188. The van der Waals surface area contributed by atoms with Gasteiger partial charge in [0.1, 0.15) is 16.4 Å². The van der Waals surface area contributed by atoms with Crippen molar-refractivity contribution >= 4 is 72.9 Å². The molecule has 1 unspecified atom stereocenters. The molecule has 0 saturated carbocycles. The van der Waals surface area contributed by atoms with Gasteiger partial charge in [0, 0.05) is 67.4 Å². The van der Waals surface area contributed by atoms with Crippen LogP contribution < -0.4 is 21.7 Å². The number of methoxy groups -OCH3 is 1. The Morgan fingerprint density at radius 3 is 2.40 bits per heavy atom. The number of aliphatic hydroxyl groups is 1. The van der Waals surface area contributed by atoms with Gasteiger partial charge >= 0.3 is 11.4 Å². The standard InChI is InChI=1S/C32H27FN4O6S.K/c1-3-22-15-25-29(39)36(17-27(38)18-10-12-21(42-2)13-11-18)32(41)37(30(25)44-22)16-20-9-8-19(14-26(20)33)23-6-4-5-7-24(23)28-34-31(40)43-35-28;/h4-15,27,38H,3,16-17H2,1-2H3,(H,34,35,40);. The van der Waals surface area contributed by atoms with Gasteiger partial charge in [-0.2, -0.15) is 0 Å². The monoisotopic (exact) mass is 653 g/mol. The minimum Gasteiger partial charge on any atom is -0.497 e. The van der Waals surface area contributed by atoms with Gasteiger partial charge in [0.15, 0.2) is 5.82 Å². The van der Waals surface area contributed by atoms with Gasteiger partial charge in [-0.15, -0.1) is 11.3 Å². The number of thiophene rings is 1. The van der Waals surface area contributed by atoms with E-state index in [2.05, 4.69) is 14.7 Å². The molecular formula is C32H27FKN4O6S. The third-order valence-corrected chi connectivity index (χ3v) is 8.77. The molecule has 13 heteroatoms. The number of aromatic nitrogens is 4. The molecule has 6 rings (SSSR count). The van der Waals surface area contributed by atoms with Crippen molar-refractivity contribution in [3.63, 3.8) is 0 Å². The topological polar surface area (TPSA) is 132 Å². The van der Waals surface area contributed by atoms with Crippen molar-refractivity contribution in [1.29, 1.82) is 0 Å². The van der Waals surface area contributed by atoms with Crippen LogP contribution in [0.25, 0.3) is 32.7 Å². The molecule has 6 aromatic rings. The Kier molecular flexibility index (Phi) is 10.2.